The van der Waals surface area contributed by atoms with E-state index in [4.69, 9.17) is 4.74 Å². The van der Waals surface area contributed by atoms with Crippen LogP contribution in [0, 0.1) is 5.82 Å². The van der Waals surface area contributed by atoms with E-state index in [9.17, 15) is 27.2 Å². The molecule has 1 N–H and O–H groups in total. The highest BCUT2D eigenvalue weighted by atomic mass is 19.4. The Balaban J connectivity index is 1.47. The fraction of sp³-hybridized carbons (Fsp3) is 0.217. The number of hydrogen-bond donors (Lipinski definition) is 1. The van der Waals surface area contributed by atoms with Crippen LogP contribution in [-0.2, 0) is 19.3 Å². The number of halogens is 4. The van der Waals surface area contributed by atoms with Crippen LogP contribution in [0.25, 0.3) is 11.4 Å². The maximum Gasteiger partial charge on any atom is 0.471 e. The second-order valence-corrected chi connectivity index (χ2v) is 7.63. The Hall–Kier alpha value is -4.22. The summed E-state index contributed by atoms with van der Waals surface area (Å²) in [7, 11) is 3.00. The van der Waals surface area contributed by atoms with Gasteiger partial charge in [0.2, 0.25) is 5.82 Å². The van der Waals surface area contributed by atoms with E-state index in [-0.39, 0.29) is 35.9 Å². The van der Waals surface area contributed by atoms with Gasteiger partial charge in [0.1, 0.15) is 22.9 Å². The van der Waals surface area contributed by atoms with E-state index >= 15 is 0 Å². The summed E-state index contributed by atoms with van der Waals surface area (Å²) in [4.78, 5) is 29.2. The summed E-state index contributed by atoms with van der Waals surface area (Å²) < 4.78 is 61.5. The Morgan fingerprint density at radius 3 is 2.43 bits per heavy atom. The Labute approximate surface area is 195 Å². The third kappa shape index (κ3) is 4.72. The molecular formula is C23H18F4N4O4. The predicted octanol–water partition coefficient (Wildman–Crippen LogP) is 3.75. The van der Waals surface area contributed by atoms with E-state index in [2.05, 4.69) is 20.0 Å². The predicted molar refractivity (Wildman–Crippen MR) is 118 cm³/mol. The number of ether oxygens (including phenoxy) is 1. The standard InChI is InChI=1S/C23H18F4N4O4/c1-31(11-12-6-8-13(9-7-12)21-29-22(35-30-21)23(25,26)27)18-17(19(32)20(18)33)28-10-14-15(24)4-3-5-16(14)34-2/h3-9,28H,10-11H2,1-2H3. The Morgan fingerprint density at radius 1 is 1.09 bits per heavy atom. The van der Waals surface area contributed by atoms with Crippen LogP contribution >= 0.6 is 0 Å². The fourth-order valence-electron chi connectivity index (χ4n) is 3.55. The highest BCUT2D eigenvalue weighted by Gasteiger charge is 2.38. The van der Waals surface area contributed by atoms with Gasteiger partial charge in [-0.25, -0.2) is 4.39 Å². The molecule has 35 heavy (non-hydrogen) atoms. The van der Waals surface area contributed by atoms with E-state index in [0.717, 1.165) is 0 Å². The number of nitrogens with zero attached hydrogens (tertiary/aromatic N) is 3. The molecule has 1 aromatic heterocycles. The zero-order valence-corrected chi connectivity index (χ0v) is 18.4. The number of benzene rings is 2. The van der Waals surface area contributed by atoms with Crippen LogP contribution in [0.4, 0.5) is 28.9 Å². The van der Waals surface area contributed by atoms with Gasteiger partial charge in [-0.1, -0.05) is 35.5 Å². The van der Waals surface area contributed by atoms with Crippen molar-refractivity contribution >= 4 is 11.4 Å². The van der Waals surface area contributed by atoms with Gasteiger partial charge in [0.05, 0.1) is 7.11 Å². The molecule has 0 aliphatic carbocycles. The number of aromatic nitrogens is 2. The molecule has 12 heteroatoms. The van der Waals surface area contributed by atoms with Gasteiger partial charge in [-0.15, -0.1) is 0 Å². The van der Waals surface area contributed by atoms with Gasteiger partial charge >= 0.3 is 12.1 Å². The van der Waals surface area contributed by atoms with Crippen LogP contribution < -0.4 is 25.8 Å². The lowest BCUT2D eigenvalue weighted by Crippen LogP contribution is -2.41. The molecule has 8 nitrogen and oxygen atoms in total. The highest BCUT2D eigenvalue weighted by molar-refractivity contribution is 5.75. The lowest BCUT2D eigenvalue weighted by molar-refractivity contribution is -0.159. The molecule has 1 heterocycles. The van der Waals surface area contributed by atoms with Crippen molar-refractivity contribution in [2.45, 2.75) is 19.3 Å². The number of alkyl halides is 3. The molecule has 0 saturated carbocycles. The molecule has 182 valence electrons. The van der Waals surface area contributed by atoms with Crippen molar-refractivity contribution in [2.75, 3.05) is 24.4 Å². The van der Waals surface area contributed by atoms with Gasteiger partial charge in [0, 0.05) is 31.3 Å². The van der Waals surface area contributed by atoms with Crippen molar-refractivity contribution in [3.63, 3.8) is 0 Å². The van der Waals surface area contributed by atoms with Gasteiger partial charge in [-0.2, -0.15) is 18.2 Å². The van der Waals surface area contributed by atoms with Crippen LogP contribution in [0.5, 0.6) is 5.75 Å². The quantitative estimate of drug-likeness (QED) is 0.295. The molecule has 3 aromatic carbocycles. The van der Waals surface area contributed by atoms with Crippen molar-refractivity contribution in [3.05, 3.63) is 85.7 Å². The number of hydrogen-bond acceptors (Lipinski definition) is 8. The third-order valence-corrected chi connectivity index (χ3v) is 5.31. The summed E-state index contributed by atoms with van der Waals surface area (Å²) in [5, 5.41) is 6.16. The summed E-state index contributed by atoms with van der Waals surface area (Å²) in [5.74, 6) is -1.87. The number of anilines is 2. The maximum atomic E-state index is 14.2. The largest absolute Gasteiger partial charge is 0.496 e. The highest BCUT2D eigenvalue weighted by Crippen LogP contribution is 2.30. The molecule has 0 bridgehead atoms. The van der Waals surface area contributed by atoms with Gasteiger partial charge in [-0.3, -0.25) is 9.59 Å². The Morgan fingerprint density at radius 2 is 1.80 bits per heavy atom. The summed E-state index contributed by atoms with van der Waals surface area (Å²) in [5.41, 5.74) is 0.0286. The lowest BCUT2D eigenvalue weighted by Gasteiger charge is -2.24. The molecule has 0 amide bonds. The van der Waals surface area contributed by atoms with Crippen LogP contribution in [0.15, 0.2) is 56.6 Å². The van der Waals surface area contributed by atoms with Gasteiger partial charge in [0.25, 0.3) is 10.9 Å². The average molecular weight is 490 g/mol. The molecule has 0 radical (unpaired) electrons. The van der Waals surface area contributed by atoms with Crippen LogP contribution in [0.1, 0.15) is 17.0 Å². The van der Waals surface area contributed by atoms with Crippen molar-refractivity contribution in [2.24, 2.45) is 0 Å². The Kier molecular flexibility index (Phi) is 6.29. The molecule has 4 rings (SSSR count). The van der Waals surface area contributed by atoms with E-state index in [0.29, 0.717) is 16.9 Å². The summed E-state index contributed by atoms with van der Waals surface area (Å²) in [6.45, 7) is 0.143. The molecule has 0 spiro atoms. The molecule has 0 saturated heterocycles. The van der Waals surface area contributed by atoms with E-state index in [1.54, 1.807) is 30.1 Å². The first-order chi connectivity index (χ1) is 16.6. The van der Waals surface area contributed by atoms with Crippen molar-refractivity contribution in [1.29, 1.82) is 0 Å². The van der Waals surface area contributed by atoms with E-state index in [1.807, 2.05) is 0 Å². The second kappa shape index (κ2) is 9.20. The molecule has 0 aliphatic heterocycles. The molecule has 0 unspecified atom stereocenters. The average Bonchev–Trinajstić information content (AvgIpc) is 3.33. The SMILES string of the molecule is COc1cccc(F)c1CNc1c(N(C)Cc2ccc(-c3noc(C(F)(F)F)n3)cc2)c(=O)c1=O. The first kappa shape index (κ1) is 23.9. The number of methoxy groups -OCH3 is 1. The summed E-state index contributed by atoms with van der Waals surface area (Å²) in [6.07, 6.45) is -4.74. The fourth-order valence-corrected chi connectivity index (χ4v) is 3.55. The zero-order valence-electron chi connectivity index (χ0n) is 18.4. The number of nitrogens with one attached hydrogen (secondary N) is 1. The van der Waals surface area contributed by atoms with E-state index < -0.39 is 28.7 Å². The van der Waals surface area contributed by atoms with Crippen molar-refractivity contribution in [1.82, 2.24) is 10.1 Å². The van der Waals surface area contributed by atoms with Crippen LogP contribution in [-0.4, -0.2) is 24.3 Å². The lowest BCUT2D eigenvalue weighted by atomic mass is 10.1. The van der Waals surface area contributed by atoms with Crippen molar-refractivity contribution in [3.8, 4) is 17.1 Å². The number of rotatable bonds is 8. The summed E-state index contributed by atoms with van der Waals surface area (Å²) >= 11 is 0. The summed E-state index contributed by atoms with van der Waals surface area (Å²) in [6, 6.07) is 10.6. The monoisotopic (exact) mass is 490 g/mol. The first-order valence-electron chi connectivity index (χ1n) is 10.2. The molecular weight excluding hydrogens is 472 g/mol. The van der Waals surface area contributed by atoms with Crippen LogP contribution in [0.3, 0.4) is 0 Å². The maximum absolute atomic E-state index is 14.2. The van der Waals surface area contributed by atoms with Gasteiger partial charge in [0.15, 0.2) is 0 Å². The minimum absolute atomic E-state index is 0.0610. The molecule has 4 aromatic rings. The van der Waals surface area contributed by atoms with Crippen LogP contribution in [0.2, 0.25) is 0 Å². The van der Waals surface area contributed by atoms with Gasteiger partial charge in [-0.05, 0) is 17.7 Å². The zero-order chi connectivity index (χ0) is 25.3. The van der Waals surface area contributed by atoms with Gasteiger partial charge < -0.3 is 19.5 Å². The minimum atomic E-state index is -4.74. The van der Waals surface area contributed by atoms with E-state index in [1.165, 1.54) is 31.4 Å². The smallest absolute Gasteiger partial charge is 0.471 e. The Bertz CT molecular complexity index is 1420. The third-order valence-electron chi connectivity index (χ3n) is 5.31. The normalized spacial score (nSPS) is 11.6. The topological polar surface area (TPSA) is 97.6 Å². The first-order valence-corrected chi connectivity index (χ1v) is 10.2. The minimum Gasteiger partial charge on any atom is -0.496 e. The molecule has 0 aliphatic rings. The van der Waals surface area contributed by atoms with Crippen molar-refractivity contribution < 1.29 is 26.8 Å². The second-order valence-electron chi connectivity index (χ2n) is 7.63. The molecule has 0 atom stereocenters. The molecule has 0 fully saturated rings.